The van der Waals surface area contributed by atoms with Crippen LogP contribution in [0.2, 0.25) is 0 Å². The van der Waals surface area contributed by atoms with Crippen LogP contribution in [0.15, 0.2) is 65.7 Å². The average Bonchev–Trinajstić information content (AvgIpc) is 3.41. The van der Waals surface area contributed by atoms with Crippen LogP contribution >= 0.6 is 0 Å². The number of aromatic amines is 2. The summed E-state index contributed by atoms with van der Waals surface area (Å²) < 4.78 is 8.83. The molecule has 3 aromatic heterocycles. The lowest BCUT2D eigenvalue weighted by Gasteiger charge is -2.09. The normalized spacial score (nSPS) is 11.4. The van der Waals surface area contributed by atoms with Gasteiger partial charge < -0.3 is 19.3 Å². The molecular formula is C23H20N4O3. The molecule has 5 aromatic rings. The van der Waals surface area contributed by atoms with Crippen LogP contribution in [0, 0.1) is 0 Å². The van der Waals surface area contributed by atoms with Crippen LogP contribution in [0.25, 0.3) is 38.8 Å². The van der Waals surface area contributed by atoms with Gasteiger partial charge in [0.05, 0.1) is 18.0 Å². The predicted octanol–water partition coefficient (Wildman–Crippen LogP) is 3.98. The van der Waals surface area contributed by atoms with Crippen LogP contribution in [0.3, 0.4) is 0 Å². The minimum atomic E-state index is -0.499. The van der Waals surface area contributed by atoms with E-state index in [2.05, 4.69) is 9.97 Å². The fourth-order valence-corrected chi connectivity index (χ4v) is 4.04. The van der Waals surface area contributed by atoms with E-state index in [1.165, 1.54) is 0 Å². The second-order valence-electron chi connectivity index (χ2n) is 7.10. The van der Waals surface area contributed by atoms with Crippen molar-refractivity contribution in [3.05, 3.63) is 77.1 Å². The van der Waals surface area contributed by atoms with Crippen molar-refractivity contribution in [1.82, 2.24) is 19.1 Å². The zero-order chi connectivity index (χ0) is 20.8. The van der Waals surface area contributed by atoms with Crippen molar-refractivity contribution in [3.8, 4) is 16.9 Å². The topological polar surface area (TPSA) is 84.8 Å². The number of carbonyl (C=O) groups excluding carboxylic acids is 1. The molecule has 0 atom stereocenters. The van der Waals surface area contributed by atoms with Crippen molar-refractivity contribution in [1.29, 1.82) is 0 Å². The van der Waals surface area contributed by atoms with Crippen LogP contribution in [-0.4, -0.2) is 31.7 Å². The fraction of sp³-hybridized carbons (Fsp3) is 0.130. The third-order valence-corrected chi connectivity index (χ3v) is 5.33. The fourth-order valence-electron chi connectivity index (χ4n) is 4.04. The van der Waals surface area contributed by atoms with Gasteiger partial charge in [-0.2, -0.15) is 0 Å². The zero-order valence-electron chi connectivity index (χ0n) is 16.6. The first-order chi connectivity index (χ1) is 14.6. The number of esters is 1. The highest BCUT2D eigenvalue weighted by Crippen LogP contribution is 2.34. The zero-order valence-corrected chi connectivity index (χ0v) is 16.6. The standard InChI is InChI=1S/C23H20N4O3/c1-3-30-22(28)20-21(15-9-4-6-10-17(15)25-20)27-19(12-24-23(27)29)16-13-26(2)18-11-7-5-8-14(16)18/h4-13,25H,3H2,1-2H3,(H,24,29). The quantitative estimate of drug-likeness (QED) is 0.448. The van der Waals surface area contributed by atoms with Crippen molar-refractivity contribution in [2.45, 2.75) is 6.92 Å². The van der Waals surface area contributed by atoms with Crippen LogP contribution in [0.1, 0.15) is 17.4 Å². The smallest absolute Gasteiger partial charge is 0.356 e. The Morgan fingerprint density at radius 2 is 1.80 bits per heavy atom. The molecule has 150 valence electrons. The van der Waals surface area contributed by atoms with Gasteiger partial charge in [-0.3, -0.25) is 4.57 Å². The highest BCUT2D eigenvalue weighted by atomic mass is 16.5. The molecule has 30 heavy (non-hydrogen) atoms. The van der Waals surface area contributed by atoms with Gasteiger partial charge in [0.2, 0.25) is 0 Å². The van der Waals surface area contributed by atoms with Crippen molar-refractivity contribution < 1.29 is 9.53 Å². The number of carbonyl (C=O) groups is 1. The van der Waals surface area contributed by atoms with Gasteiger partial charge in [-0.1, -0.05) is 36.4 Å². The molecule has 0 aliphatic rings. The molecule has 0 bridgehead atoms. The molecule has 0 unspecified atom stereocenters. The molecule has 2 aromatic carbocycles. The lowest BCUT2D eigenvalue weighted by Crippen LogP contribution is -2.19. The maximum atomic E-state index is 13.0. The highest BCUT2D eigenvalue weighted by Gasteiger charge is 2.25. The van der Waals surface area contributed by atoms with Gasteiger partial charge in [-0.05, 0) is 19.1 Å². The Bertz CT molecular complexity index is 1460. The number of nitrogens with one attached hydrogen (secondary N) is 2. The van der Waals surface area contributed by atoms with Gasteiger partial charge in [0.1, 0.15) is 0 Å². The van der Waals surface area contributed by atoms with E-state index in [0.29, 0.717) is 11.4 Å². The van der Waals surface area contributed by atoms with Gasteiger partial charge in [-0.25, -0.2) is 9.59 Å². The number of benzene rings is 2. The van der Waals surface area contributed by atoms with Crippen LogP contribution < -0.4 is 5.69 Å². The van der Waals surface area contributed by atoms with E-state index < -0.39 is 5.97 Å². The summed E-state index contributed by atoms with van der Waals surface area (Å²) in [6.45, 7) is 2.00. The van der Waals surface area contributed by atoms with Gasteiger partial charge in [0.25, 0.3) is 0 Å². The van der Waals surface area contributed by atoms with Crippen molar-refractivity contribution in [2.24, 2.45) is 7.05 Å². The number of nitrogens with zero attached hydrogens (tertiary/aromatic N) is 2. The first-order valence-corrected chi connectivity index (χ1v) is 9.73. The largest absolute Gasteiger partial charge is 0.461 e. The Morgan fingerprint density at radius 3 is 2.60 bits per heavy atom. The van der Waals surface area contributed by atoms with E-state index in [1.807, 2.05) is 66.3 Å². The molecular weight excluding hydrogens is 380 g/mol. The van der Waals surface area contributed by atoms with Crippen molar-refractivity contribution >= 4 is 27.8 Å². The summed E-state index contributed by atoms with van der Waals surface area (Å²) in [5.41, 5.74) is 3.79. The minimum absolute atomic E-state index is 0.242. The van der Waals surface area contributed by atoms with E-state index in [-0.39, 0.29) is 18.0 Å². The maximum absolute atomic E-state index is 13.0. The van der Waals surface area contributed by atoms with E-state index in [0.717, 1.165) is 27.4 Å². The van der Waals surface area contributed by atoms with Crippen molar-refractivity contribution in [2.75, 3.05) is 6.61 Å². The SMILES string of the molecule is CCOC(=O)c1[nH]c2ccccc2c1-n1c(-c2cn(C)c3ccccc23)c[nH]c1=O. The predicted molar refractivity (Wildman–Crippen MR) is 116 cm³/mol. The lowest BCUT2D eigenvalue weighted by molar-refractivity contribution is 0.0520. The van der Waals surface area contributed by atoms with E-state index in [4.69, 9.17) is 4.74 Å². The monoisotopic (exact) mass is 400 g/mol. The van der Waals surface area contributed by atoms with E-state index in [1.54, 1.807) is 17.7 Å². The van der Waals surface area contributed by atoms with Crippen LogP contribution in [-0.2, 0) is 11.8 Å². The Kier molecular flexibility index (Phi) is 4.10. The Morgan fingerprint density at radius 1 is 1.07 bits per heavy atom. The molecule has 5 rings (SSSR count). The summed E-state index contributed by atoms with van der Waals surface area (Å²) in [5, 5.41) is 1.79. The summed E-state index contributed by atoms with van der Waals surface area (Å²) in [6, 6.07) is 15.5. The molecule has 0 saturated carbocycles. The number of rotatable bonds is 4. The third-order valence-electron chi connectivity index (χ3n) is 5.33. The number of imidazole rings is 1. The number of hydrogen-bond acceptors (Lipinski definition) is 3. The molecule has 0 fully saturated rings. The number of fused-ring (bicyclic) bond motifs is 2. The molecule has 0 amide bonds. The number of aromatic nitrogens is 4. The Hall–Kier alpha value is -4.00. The van der Waals surface area contributed by atoms with E-state index >= 15 is 0 Å². The van der Waals surface area contributed by atoms with Crippen molar-refractivity contribution in [3.63, 3.8) is 0 Å². The summed E-state index contributed by atoms with van der Waals surface area (Å²) in [4.78, 5) is 31.6. The third kappa shape index (κ3) is 2.59. The number of para-hydroxylation sites is 2. The van der Waals surface area contributed by atoms with Gasteiger partial charge in [0.15, 0.2) is 5.69 Å². The lowest BCUT2D eigenvalue weighted by atomic mass is 10.1. The molecule has 0 aliphatic heterocycles. The maximum Gasteiger partial charge on any atom is 0.356 e. The second kappa shape index (κ2) is 6.81. The van der Waals surface area contributed by atoms with Gasteiger partial charge in [0, 0.05) is 46.8 Å². The molecule has 7 nitrogen and oxygen atoms in total. The molecule has 0 aliphatic carbocycles. The number of ether oxygens (including phenoxy) is 1. The summed E-state index contributed by atoms with van der Waals surface area (Å²) in [6.07, 6.45) is 3.67. The summed E-state index contributed by atoms with van der Waals surface area (Å²) >= 11 is 0. The molecule has 0 radical (unpaired) electrons. The van der Waals surface area contributed by atoms with Crippen LogP contribution in [0.4, 0.5) is 0 Å². The average molecular weight is 400 g/mol. The molecule has 2 N–H and O–H groups in total. The number of aryl methyl sites for hydroxylation is 1. The first kappa shape index (κ1) is 18.1. The van der Waals surface area contributed by atoms with E-state index in [9.17, 15) is 9.59 Å². The summed E-state index contributed by atoms with van der Waals surface area (Å²) in [5.74, 6) is -0.499. The first-order valence-electron chi connectivity index (χ1n) is 9.73. The minimum Gasteiger partial charge on any atom is -0.461 e. The van der Waals surface area contributed by atoms with Gasteiger partial charge >= 0.3 is 11.7 Å². The van der Waals surface area contributed by atoms with Crippen LogP contribution in [0.5, 0.6) is 0 Å². The Labute approximate surface area is 171 Å². The highest BCUT2D eigenvalue weighted by molar-refractivity contribution is 6.04. The molecule has 0 spiro atoms. The number of hydrogen-bond donors (Lipinski definition) is 2. The Balaban J connectivity index is 1.85. The molecule has 3 heterocycles. The summed E-state index contributed by atoms with van der Waals surface area (Å²) in [7, 11) is 1.97. The second-order valence-corrected chi connectivity index (χ2v) is 7.10. The number of H-pyrrole nitrogens is 2. The molecule has 7 heteroatoms. The molecule has 0 saturated heterocycles. The van der Waals surface area contributed by atoms with Gasteiger partial charge in [-0.15, -0.1) is 0 Å².